The fraction of sp³-hybridized carbons (Fsp3) is 0.214. The third-order valence-corrected chi connectivity index (χ3v) is 5.96. The van der Waals surface area contributed by atoms with Gasteiger partial charge < -0.3 is 10.1 Å². The summed E-state index contributed by atoms with van der Waals surface area (Å²) >= 11 is 0. The Morgan fingerprint density at radius 3 is 2.42 bits per heavy atom. The van der Waals surface area contributed by atoms with Gasteiger partial charge in [-0.2, -0.15) is 13.2 Å². The molecule has 4 aromatic rings. The third-order valence-electron chi connectivity index (χ3n) is 5.96. The Balaban J connectivity index is 1.65. The normalized spacial score (nSPS) is 11.5. The summed E-state index contributed by atoms with van der Waals surface area (Å²) in [5, 5.41) is 3.23. The number of hydrogen-bond acceptors (Lipinski definition) is 3. The van der Waals surface area contributed by atoms with Crippen molar-refractivity contribution in [2.75, 3.05) is 12.4 Å². The molecule has 0 spiro atoms. The number of pyridine rings is 1. The smallest absolute Gasteiger partial charge is 0.416 e. The molecule has 0 fully saturated rings. The number of aromatic nitrogens is 1. The van der Waals surface area contributed by atoms with Crippen LogP contribution in [0.5, 0.6) is 5.75 Å². The minimum atomic E-state index is -4.53. The van der Waals surface area contributed by atoms with Gasteiger partial charge in [0.25, 0.3) is 5.56 Å². The molecule has 0 aliphatic carbocycles. The number of alkyl halides is 3. The Kier molecular flexibility index (Phi) is 7.15. The number of carbonyl (C=O) groups excluding carboxylic acids is 1. The molecule has 0 saturated carbocycles. The van der Waals surface area contributed by atoms with E-state index in [-0.39, 0.29) is 17.8 Å². The van der Waals surface area contributed by atoms with Gasteiger partial charge in [0.05, 0.1) is 18.2 Å². The number of fused-ring (bicyclic) bond motifs is 1. The molecule has 0 bridgehead atoms. The van der Waals surface area contributed by atoms with Gasteiger partial charge in [-0.05, 0) is 67.1 Å². The maximum absolute atomic E-state index is 13.4. The van der Waals surface area contributed by atoms with Gasteiger partial charge in [-0.15, -0.1) is 0 Å². The Hall–Kier alpha value is -4.07. The summed E-state index contributed by atoms with van der Waals surface area (Å²) in [7, 11) is 1.50. The molecule has 1 N–H and O–H groups in total. The predicted octanol–water partition coefficient (Wildman–Crippen LogP) is 5.76. The standard InChI is InChI=1S/C28H25F3N2O3/c1-18-6-8-19(9-7-18)10-11-21-14-20-12-13-24(36-2)16-25(20)33(27(21)35)17-26(34)32-23-5-3-4-22(15-23)28(29,30)31/h3-9,12-16H,10-11,17H2,1-2H3,(H,32,34). The summed E-state index contributed by atoms with van der Waals surface area (Å²) in [5.74, 6) is -0.0995. The van der Waals surface area contributed by atoms with Crippen LogP contribution in [0.25, 0.3) is 10.9 Å². The van der Waals surface area contributed by atoms with Gasteiger partial charge in [-0.3, -0.25) is 14.2 Å². The van der Waals surface area contributed by atoms with E-state index in [0.717, 1.165) is 28.6 Å². The van der Waals surface area contributed by atoms with E-state index in [2.05, 4.69) is 5.32 Å². The van der Waals surface area contributed by atoms with E-state index >= 15 is 0 Å². The van der Waals surface area contributed by atoms with E-state index in [4.69, 9.17) is 4.74 Å². The molecule has 5 nitrogen and oxygen atoms in total. The third kappa shape index (κ3) is 5.76. The molecule has 8 heteroatoms. The van der Waals surface area contributed by atoms with Crippen LogP contribution in [0.4, 0.5) is 18.9 Å². The van der Waals surface area contributed by atoms with Gasteiger partial charge in [-0.1, -0.05) is 35.9 Å². The van der Waals surface area contributed by atoms with E-state index in [1.54, 1.807) is 12.1 Å². The van der Waals surface area contributed by atoms with E-state index in [1.165, 1.54) is 23.8 Å². The van der Waals surface area contributed by atoms with Crippen molar-refractivity contribution in [3.63, 3.8) is 0 Å². The highest BCUT2D eigenvalue weighted by molar-refractivity contribution is 5.92. The zero-order valence-corrected chi connectivity index (χ0v) is 19.9. The molecule has 0 aliphatic rings. The number of anilines is 1. The number of halogens is 3. The number of benzene rings is 3. The largest absolute Gasteiger partial charge is 0.497 e. The van der Waals surface area contributed by atoms with Crippen LogP contribution in [0, 0.1) is 6.92 Å². The van der Waals surface area contributed by atoms with Crippen molar-refractivity contribution in [3.05, 3.63) is 105 Å². The Morgan fingerprint density at radius 1 is 0.972 bits per heavy atom. The molecule has 0 saturated heterocycles. The lowest BCUT2D eigenvalue weighted by molar-refractivity contribution is -0.137. The molecule has 186 valence electrons. The van der Waals surface area contributed by atoms with Gasteiger partial charge in [0.1, 0.15) is 12.3 Å². The average Bonchev–Trinajstić information content (AvgIpc) is 2.85. The minimum absolute atomic E-state index is 0.000265. The second-order valence-electron chi connectivity index (χ2n) is 8.60. The number of methoxy groups -OCH3 is 1. The van der Waals surface area contributed by atoms with Gasteiger partial charge in [0, 0.05) is 17.3 Å². The topological polar surface area (TPSA) is 60.3 Å². The minimum Gasteiger partial charge on any atom is -0.497 e. The summed E-state index contributed by atoms with van der Waals surface area (Å²) in [5.41, 5.74) is 2.07. The van der Waals surface area contributed by atoms with Gasteiger partial charge in [0.15, 0.2) is 0 Å². The molecule has 4 rings (SSSR count). The summed E-state index contributed by atoms with van der Waals surface area (Å²) in [6.45, 7) is 1.64. The lowest BCUT2D eigenvalue weighted by Crippen LogP contribution is -2.30. The molecule has 0 aliphatic heterocycles. The fourth-order valence-electron chi connectivity index (χ4n) is 4.03. The zero-order valence-electron chi connectivity index (χ0n) is 19.9. The van der Waals surface area contributed by atoms with E-state index in [0.29, 0.717) is 29.7 Å². The average molecular weight is 495 g/mol. The SMILES string of the molecule is COc1ccc2cc(CCc3ccc(C)cc3)c(=O)n(CC(=O)Nc3cccc(C(F)(F)F)c3)c2c1. The van der Waals surface area contributed by atoms with Crippen LogP contribution in [-0.4, -0.2) is 17.6 Å². The molecule has 1 amide bonds. The molecule has 1 heterocycles. The fourth-order valence-corrected chi connectivity index (χ4v) is 4.03. The summed E-state index contributed by atoms with van der Waals surface area (Å²) in [6, 6.07) is 19.5. The maximum Gasteiger partial charge on any atom is 0.416 e. The van der Waals surface area contributed by atoms with Crippen LogP contribution in [0.3, 0.4) is 0 Å². The van der Waals surface area contributed by atoms with Crippen molar-refractivity contribution < 1.29 is 22.7 Å². The summed E-state index contributed by atoms with van der Waals surface area (Å²) in [6.07, 6.45) is -3.41. The maximum atomic E-state index is 13.4. The van der Waals surface area contributed by atoms with Crippen LogP contribution in [0.1, 0.15) is 22.3 Å². The number of aryl methyl sites for hydroxylation is 3. The second kappa shape index (κ2) is 10.3. The van der Waals surface area contributed by atoms with Crippen LogP contribution in [0.15, 0.2) is 77.6 Å². The quantitative estimate of drug-likeness (QED) is 0.355. The molecule has 36 heavy (non-hydrogen) atoms. The van der Waals surface area contributed by atoms with Crippen molar-refractivity contribution in [2.45, 2.75) is 32.5 Å². The van der Waals surface area contributed by atoms with E-state index in [9.17, 15) is 22.8 Å². The van der Waals surface area contributed by atoms with Crippen LogP contribution >= 0.6 is 0 Å². The number of hydrogen-bond donors (Lipinski definition) is 1. The van der Waals surface area contributed by atoms with Crippen molar-refractivity contribution in [2.24, 2.45) is 0 Å². The van der Waals surface area contributed by atoms with Crippen molar-refractivity contribution in [1.29, 1.82) is 0 Å². The number of ether oxygens (including phenoxy) is 1. The van der Waals surface area contributed by atoms with Gasteiger partial charge >= 0.3 is 6.18 Å². The van der Waals surface area contributed by atoms with Crippen molar-refractivity contribution in [3.8, 4) is 5.75 Å². The first-order valence-corrected chi connectivity index (χ1v) is 11.4. The summed E-state index contributed by atoms with van der Waals surface area (Å²) in [4.78, 5) is 26.3. The summed E-state index contributed by atoms with van der Waals surface area (Å²) < 4.78 is 45.7. The Labute approximate surface area is 206 Å². The number of nitrogens with one attached hydrogen (secondary N) is 1. The highest BCUT2D eigenvalue weighted by Crippen LogP contribution is 2.30. The predicted molar refractivity (Wildman–Crippen MR) is 133 cm³/mol. The first-order chi connectivity index (χ1) is 17.1. The van der Waals surface area contributed by atoms with Gasteiger partial charge in [0.2, 0.25) is 5.91 Å². The number of carbonyl (C=O) groups is 1. The first kappa shape index (κ1) is 25.0. The molecule has 1 aromatic heterocycles. The van der Waals surface area contributed by atoms with E-state index in [1.807, 2.05) is 43.3 Å². The Morgan fingerprint density at radius 2 is 1.72 bits per heavy atom. The molecule has 0 radical (unpaired) electrons. The highest BCUT2D eigenvalue weighted by atomic mass is 19.4. The van der Waals surface area contributed by atoms with Crippen molar-refractivity contribution in [1.82, 2.24) is 4.57 Å². The second-order valence-corrected chi connectivity index (χ2v) is 8.60. The number of amides is 1. The zero-order chi connectivity index (χ0) is 25.9. The lowest BCUT2D eigenvalue weighted by Gasteiger charge is -2.15. The Bertz CT molecular complexity index is 1460. The molecular formula is C28H25F3N2O3. The van der Waals surface area contributed by atoms with Crippen molar-refractivity contribution >= 4 is 22.5 Å². The first-order valence-electron chi connectivity index (χ1n) is 11.4. The van der Waals surface area contributed by atoms with Gasteiger partial charge in [-0.25, -0.2) is 0 Å². The number of rotatable bonds is 7. The molecule has 3 aromatic carbocycles. The molecule has 0 atom stereocenters. The highest BCUT2D eigenvalue weighted by Gasteiger charge is 2.30. The monoisotopic (exact) mass is 494 g/mol. The molecule has 0 unspecified atom stereocenters. The van der Waals surface area contributed by atoms with Crippen LogP contribution in [0.2, 0.25) is 0 Å². The van der Waals surface area contributed by atoms with E-state index < -0.39 is 17.6 Å². The lowest BCUT2D eigenvalue weighted by atomic mass is 10.0. The number of nitrogens with zero attached hydrogens (tertiary/aromatic N) is 1. The molecular weight excluding hydrogens is 469 g/mol. The van der Waals surface area contributed by atoms with Crippen LogP contribution in [-0.2, 0) is 30.4 Å². The van der Waals surface area contributed by atoms with Crippen LogP contribution < -0.4 is 15.6 Å².